The Hall–Kier alpha value is -1.22. The topological polar surface area (TPSA) is 30.5 Å². The molecule has 1 aromatic carbocycles. The Balaban J connectivity index is 2.32. The fourth-order valence-corrected chi connectivity index (χ4v) is 1.24. The molecule has 0 aliphatic carbocycles. The summed E-state index contributed by atoms with van der Waals surface area (Å²) in [7, 11) is 0. The highest BCUT2D eigenvalue weighted by Gasteiger charge is 2.13. The molecule has 1 atom stereocenters. The van der Waals surface area contributed by atoms with Gasteiger partial charge in [-0.3, -0.25) is 0 Å². The molecule has 0 bridgehead atoms. The first-order valence-corrected chi connectivity index (χ1v) is 4.44. The summed E-state index contributed by atoms with van der Waals surface area (Å²) in [6.45, 7) is -6.63. The van der Waals surface area contributed by atoms with Gasteiger partial charge in [0.15, 0.2) is 11.5 Å². The SMILES string of the molecule is [2H]c1c([2H])c2c(c([2H])c1C[C@@H](C)NC([2H])([2H])C([2H])([2H])[2H])OC([2H])([2H])O2. The van der Waals surface area contributed by atoms with Crippen LogP contribution in [-0.4, -0.2) is 19.3 Å². The molecule has 0 amide bonds. The third-order valence-corrected chi connectivity index (χ3v) is 1.91. The molecule has 1 aromatic rings. The van der Waals surface area contributed by atoms with E-state index in [1.54, 1.807) is 0 Å². The van der Waals surface area contributed by atoms with Gasteiger partial charge in [0.05, 0.1) is 4.11 Å². The average Bonchev–Trinajstić information content (AvgIpc) is 2.75. The van der Waals surface area contributed by atoms with Crippen LogP contribution in [0.15, 0.2) is 18.1 Å². The smallest absolute Gasteiger partial charge is 0.231 e. The van der Waals surface area contributed by atoms with E-state index in [1.165, 1.54) is 6.92 Å². The minimum atomic E-state index is -2.90. The summed E-state index contributed by atoms with van der Waals surface area (Å²) >= 11 is 0. The van der Waals surface area contributed by atoms with Crippen LogP contribution in [-0.2, 0) is 6.42 Å². The van der Waals surface area contributed by atoms with E-state index < -0.39 is 32.2 Å². The maximum Gasteiger partial charge on any atom is 0.231 e. The molecule has 1 heterocycles. The highest BCUT2D eigenvalue weighted by atomic mass is 16.7. The molecule has 3 heteroatoms. The van der Waals surface area contributed by atoms with E-state index >= 15 is 0 Å². The molecule has 0 saturated carbocycles. The summed E-state index contributed by atoms with van der Waals surface area (Å²) in [6.07, 6.45) is -0.126. The van der Waals surface area contributed by atoms with Gasteiger partial charge in [0.25, 0.3) is 0 Å². The van der Waals surface area contributed by atoms with Gasteiger partial charge in [0, 0.05) is 12.9 Å². The molecular weight excluding hydrogens is 190 g/mol. The lowest BCUT2D eigenvalue weighted by Crippen LogP contribution is -2.27. The van der Waals surface area contributed by atoms with E-state index in [0.717, 1.165) is 0 Å². The van der Waals surface area contributed by atoms with Crippen LogP contribution in [0.4, 0.5) is 0 Å². The van der Waals surface area contributed by atoms with Crippen molar-refractivity contribution in [3.05, 3.63) is 23.7 Å². The van der Waals surface area contributed by atoms with Crippen LogP contribution >= 0.6 is 0 Å². The Labute approximate surface area is 104 Å². The van der Waals surface area contributed by atoms with E-state index in [9.17, 15) is 0 Å². The Morgan fingerprint density at radius 1 is 1.67 bits per heavy atom. The van der Waals surface area contributed by atoms with Gasteiger partial charge in [-0.25, -0.2) is 0 Å². The molecule has 0 radical (unpaired) electrons. The molecule has 1 aliphatic heterocycles. The summed E-state index contributed by atoms with van der Waals surface area (Å²) in [4.78, 5) is 0. The van der Waals surface area contributed by atoms with Gasteiger partial charge < -0.3 is 14.8 Å². The molecule has 0 aromatic heterocycles. The van der Waals surface area contributed by atoms with Crippen molar-refractivity contribution in [1.29, 1.82) is 0 Å². The van der Waals surface area contributed by atoms with Crippen LogP contribution in [0.5, 0.6) is 11.5 Å². The van der Waals surface area contributed by atoms with Gasteiger partial charge in [-0.1, -0.05) is 12.9 Å². The van der Waals surface area contributed by atoms with E-state index in [0.29, 0.717) is 0 Å². The number of fused-ring (bicyclic) bond motifs is 1. The van der Waals surface area contributed by atoms with Gasteiger partial charge in [-0.2, -0.15) is 0 Å². The number of hydrogen-bond donors (Lipinski definition) is 1. The quantitative estimate of drug-likeness (QED) is 0.836. The van der Waals surface area contributed by atoms with Crippen LogP contribution in [0.2, 0.25) is 0 Å². The van der Waals surface area contributed by atoms with Crippen molar-refractivity contribution in [3.8, 4) is 11.5 Å². The lowest BCUT2D eigenvalue weighted by Gasteiger charge is -2.12. The molecule has 0 spiro atoms. The van der Waals surface area contributed by atoms with E-state index in [1.807, 2.05) is 0 Å². The first kappa shape index (κ1) is 3.67. The number of benzene rings is 1. The number of likely N-dealkylation sites (N-methyl/N-ethyl adjacent to an activating group) is 1. The van der Waals surface area contributed by atoms with Crippen molar-refractivity contribution < 1.29 is 23.2 Å². The number of ether oxygens (including phenoxy) is 2. The van der Waals surface area contributed by atoms with Crippen molar-refractivity contribution in [2.75, 3.05) is 13.2 Å². The molecule has 0 fully saturated rings. The number of rotatable bonds is 4. The first-order valence-electron chi connectivity index (χ1n) is 9.44. The zero-order valence-electron chi connectivity index (χ0n) is 18.1. The maximum atomic E-state index is 8.08. The summed E-state index contributed by atoms with van der Waals surface area (Å²) < 4.78 is 85.1. The van der Waals surface area contributed by atoms with Crippen molar-refractivity contribution >= 4 is 0 Å². The van der Waals surface area contributed by atoms with Crippen molar-refractivity contribution in [3.63, 3.8) is 0 Å². The van der Waals surface area contributed by atoms with Crippen LogP contribution in [0.1, 0.15) is 33.0 Å². The Bertz CT molecular complexity index is 688. The fourth-order valence-electron chi connectivity index (χ4n) is 1.24. The van der Waals surface area contributed by atoms with Gasteiger partial charge >= 0.3 is 0 Å². The molecule has 1 aliphatic rings. The third-order valence-electron chi connectivity index (χ3n) is 1.91. The van der Waals surface area contributed by atoms with E-state index in [4.69, 9.17) is 23.2 Å². The molecule has 1 N–H and O–H groups in total. The van der Waals surface area contributed by atoms with Gasteiger partial charge in [0.1, 0.15) is 2.74 Å². The van der Waals surface area contributed by atoms with Crippen LogP contribution in [0.3, 0.4) is 0 Å². The molecule has 15 heavy (non-hydrogen) atoms. The molecule has 2 rings (SSSR count). The second kappa shape index (κ2) is 4.53. The average molecular weight is 217 g/mol. The Morgan fingerprint density at radius 3 is 3.40 bits per heavy atom. The second-order valence-corrected chi connectivity index (χ2v) is 3.17. The lowest BCUT2D eigenvalue weighted by molar-refractivity contribution is 0.174. The number of nitrogens with one attached hydrogen (secondary N) is 1. The summed E-state index contributed by atoms with van der Waals surface area (Å²) in [5.74, 6) is -0.630. The lowest BCUT2D eigenvalue weighted by atomic mass is 10.1. The van der Waals surface area contributed by atoms with E-state index in [-0.39, 0.29) is 35.6 Å². The van der Waals surface area contributed by atoms with Crippen LogP contribution in [0.25, 0.3) is 0 Å². The van der Waals surface area contributed by atoms with Crippen molar-refractivity contribution in [1.82, 2.24) is 5.32 Å². The monoisotopic (exact) mass is 217 g/mol. The molecule has 3 nitrogen and oxygen atoms in total. The Kier molecular flexibility index (Phi) is 1.11. The minimum absolute atomic E-state index is 0.00592. The summed E-state index contributed by atoms with van der Waals surface area (Å²) in [6, 6.07) is -1.96. The van der Waals surface area contributed by atoms with Gasteiger partial charge in [0.2, 0.25) is 6.75 Å². The second-order valence-electron chi connectivity index (χ2n) is 3.17. The third kappa shape index (κ3) is 2.42. The highest BCUT2D eigenvalue weighted by Crippen LogP contribution is 2.32. The minimum Gasteiger partial charge on any atom is -0.454 e. The summed E-state index contributed by atoms with van der Waals surface area (Å²) in [5.41, 5.74) is 0.00592. The number of hydrogen-bond acceptors (Lipinski definition) is 3. The standard InChI is InChI=1S/C12H17NO2/c1-3-13-9(2)6-10-4-5-11-12(7-10)15-8-14-11/h4-5,7,9,13H,3,6,8H2,1-2H3/t9-/m1/s1/i1D3,3D2,4D,5D,7D,8D2. The first-order chi connectivity index (χ1) is 11.2. The largest absolute Gasteiger partial charge is 0.454 e. The highest BCUT2D eigenvalue weighted by molar-refractivity contribution is 5.44. The molecule has 0 unspecified atom stereocenters. The maximum absolute atomic E-state index is 8.08. The van der Waals surface area contributed by atoms with Crippen molar-refractivity contribution in [2.24, 2.45) is 0 Å². The van der Waals surface area contributed by atoms with Crippen molar-refractivity contribution in [2.45, 2.75) is 26.2 Å². The fraction of sp³-hybridized carbons (Fsp3) is 0.500. The van der Waals surface area contributed by atoms with Gasteiger partial charge in [-0.05, 0) is 37.5 Å². The predicted molar refractivity (Wildman–Crippen MR) is 59.4 cm³/mol. The van der Waals surface area contributed by atoms with Crippen LogP contribution in [0, 0.1) is 0 Å². The molecule has 0 saturated heterocycles. The zero-order valence-corrected chi connectivity index (χ0v) is 8.10. The van der Waals surface area contributed by atoms with Gasteiger partial charge in [-0.15, -0.1) is 0 Å². The molecular formula is C12H17NO2. The Morgan fingerprint density at radius 2 is 2.53 bits per heavy atom. The summed E-state index contributed by atoms with van der Waals surface area (Å²) in [5, 5.41) is 2.30. The zero-order chi connectivity index (χ0) is 19.4. The predicted octanol–water partition coefficient (Wildman–Crippen LogP) is 1.96. The van der Waals surface area contributed by atoms with E-state index in [2.05, 4.69) is 5.32 Å². The normalized spacial score (nSPS) is 30.2. The van der Waals surface area contributed by atoms with Crippen LogP contribution < -0.4 is 14.8 Å². The molecule has 82 valence electrons.